The van der Waals surface area contributed by atoms with E-state index in [2.05, 4.69) is 0 Å². The summed E-state index contributed by atoms with van der Waals surface area (Å²) in [7, 11) is 0. The summed E-state index contributed by atoms with van der Waals surface area (Å²) in [5.41, 5.74) is 1.34. The van der Waals surface area contributed by atoms with Gasteiger partial charge in [0.25, 0.3) is 5.91 Å². The molecule has 0 spiro atoms. The predicted octanol–water partition coefficient (Wildman–Crippen LogP) is 3.94. The molecule has 0 bridgehead atoms. The van der Waals surface area contributed by atoms with E-state index in [9.17, 15) is 14.4 Å². The minimum Gasteiger partial charge on any atom is -0.452 e. The number of ether oxygens (including phenoxy) is 1. The summed E-state index contributed by atoms with van der Waals surface area (Å²) >= 11 is 7.51. The second kappa shape index (κ2) is 9.06. The zero-order chi connectivity index (χ0) is 19.2. The van der Waals surface area contributed by atoms with Gasteiger partial charge < -0.3 is 4.74 Å². The predicted molar refractivity (Wildman–Crippen MR) is 104 cm³/mol. The van der Waals surface area contributed by atoms with E-state index in [1.807, 2.05) is 30.3 Å². The molecule has 27 heavy (non-hydrogen) atoms. The highest BCUT2D eigenvalue weighted by Crippen LogP contribution is 2.24. The number of nitrogens with zero attached hydrogens (tertiary/aromatic N) is 1. The number of hydrogen-bond donors (Lipinski definition) is 0. The van der Waals surface area contributed by atoms with Crippen LogP contribution >= 0.6 is 23.4 Å². The standard InChI is InChI=1S/C20H18ClNO4S/c21-16-6-8-17(9-7-16)27-13-14-3-1-4-15(11-14)20(25)26-12-19(24)22-10-2-5-18(22)23/h1,3-4,6-9,11H,2,5,10,12-13H2. The number of hydrogen-bond acceptors (Lipinski definition) is 5. The van der Waals surface area contributed by atoms with Crippen LogP contribution in [-0.2, 0) is 20.1 Å². The number of halogens is 1. The van der Waals surface area contributed by atoms with Crippen LogP contribution in [0.25, 0.3) is 0 Å². The van der Waals surface area contributed by atoms with E-state index in [4.69, 9.17) is 16.3 Å². The zero-order valence-electron chi connectivity index (χ0n) is 14.5. The van der Waals surface area contributed by atoms with Crippen molar-refractivity contribution in [3.8, 4) is 0 Å². The maximum absolute atomic E-state index is 12.2. The summed E-state index contributed by atoms with van der Waals surface area (Å²) in [5, 5.41) is 0.689. The molecule has 1 saturated heterocycles. The van der Waals surface area contributed by atoms with Crippen LogP contribution < -0.4 is 0 Å². The van der Waals surface area contributed by atoms with E-state index in [1.54, 1.807) is 30.0 Å². The van der Waals surface area contributed by atoms with Gasteiger partial charge in [-0.3, -0.25) is 14.5 Å². The van der Waals surface area contributed by atoms with Gasteiger partial charge in [0.15, 0.2) is 6.61 Å². The number of likely N-dealkylation sites (tertiary alicyclic amines) is 1. The second-order valence-electron chi connectivity index (χ2n) is 6.06. The van der Waals surface area contributed by atoms with Crippen molar-refractivity contribution in [1.82, 2.24) is 4.90 Å². The molecule has 1 aliphatic heterocycles. The Morgan fingerprint density at radius 2 is 1.93 bits per heavy atom. The van der Waals surface area contributed by atoms with Crippen LogP contribution in [0.3, 0.4) is 0 Å². The highest BCUT2D eigenvalue weighted by atomic mass is 35.5. The molecule has 1 fully saturated rings. The van der Waals surface area contributed by atoms with E-state index < -0.39 is 18.5 Å². The first-order chi connectivity index (χ1) is 13.0. The summed E-state index contributed by atoms with van der Waals surface area (Å²) < 4.78 is 5.08. The number of imide groups is 1. The van der Waals surface area contributed by atoms with Crippen LogP contribution in [0, 0.1) is 0 Å². The molecule has 2 amide bonds. The van der Waals surface area contributed by atoms with E-state index >= 15 is 0 Å². The van der Waals surface area contributed by atoms with Gasteiger partial charge in [0, 0.05) is 28.6 Å². The molecule has 0 atom stereocenters. The summed E-state index contributed by atoms with van der Waals surface area (Å²) in [6.07, 6.45) is 1.03. The summed E-state index contributed by atoms with van der Waals surface area (Å²) in [6.45, 7) is -0.0268. The van der Waals surface area contributed by atoms with E-state index in [0.29, 0.717) is 35.7 Å². The molecule has 7 heteroatoms. The number of carbonyl (C=O) groups is 3. The van der Waals surface area contributed by atoms with Gasteiger partial charge in [0.05, 0.1) is 5.56 Å². The van der Waals surface area contributed by atoms with Crippen molar-refractivity contribution in [2.45, 2.75) is 23.5 Å². The molecule has 140 valence electrons. The number of esters is 1. The fraction of sp³-hybridized carbons (Fsp3) is 0.250. The molecular weight excluding hydrogens is 386 g/mol. The maximum atomic E-state index is 12.2. The first-order valence-corrected chi connectivity index (χ1v) is 9.87. The Kier molecular flexibility index (Phi) is 6.53. The number of carbonyl (C=O) groups excluding carboxylic acids is 3. The topological polar surface area (TPSA) is 63.7 Å². The van der Waals surface area contributed by atoms with Crippen molar-refractivity contribution >= 4 is 41.1 Å². The molecule has 0 radical (unpaired) electrons. The lowest BCUT2D eigenvalue weighted by atomic mass is 10.1. The van der Waals surface area contributed by atoms with Crippen LogP contribution in [0.5, 0.6) is 0 Å². The summed E-state index contributed by atoms with van der Waals surface area (Å²) in [5.74, 6) is -0.574. The van der Waals surface area contributed by atoms with Crippen molar-refractivity contribution in [3.05, 3.63) is 64.7 Å². The Bertz CT molecular complexity index is 853. The third kappa shape index (κ3) is 5.34. The average molecular weight is 404 g/mol. The Morgan fingerprint density at radius 3 is 2.63 bits per heavy atom. The molecular formula is C20H18ClNO4S. The quantitative estimate of drug-likeness (QED) is 0.540. The minimum absolute atomic E-state index is 0.211. The van der Waals surface area contributed by atoms with Gasteiger partial charge in [-0.1, -0.05) is 23.7 Å². The number of amides is 2. The van der Waals surface area contributed by atoms with Gasteiger partial charge in [0.2, 0.25) is 5.91 Å². The monoisotopic (exact) mass is 403 g/mol. The minimum atomic E-state index is -0.576. The van der Waals surface area contributed by atoms with Crippen LogP contribution in [-0.4, -0.2) is 35.8 Å². The average Bonchev–Trinajstić information content (AvgIpc) is 3.11. The molecule has 0 saturated carbocycles. The SMILES string of the molecule is O=C(OCC(=O)N1CCCC1=O)c1cccc(CSc2ccc(Cl)cc2)c1. The van der Waals surface area contributed by atoms with Crippen molar-refractivity contribution in [1.29, 1.82) is 0 Å². The van der Waals surface area contributed by atoms with Gasteiger partial charge in [-0.15, -0.1) is 11.8 Å². The lowest BCUT2D eigenvalue weighted by Gasteiger charge is -2.13. The molecule has 0 aliphatic carbocycles. The van der Waals surface area contributed by atoms with Gasteiger partial charge in [-0.25, -0.2) is 4.79 Å². The largest absolute Gasteiger partial charge is 0.452 e. The van der Waals surface area contributed by atoms with Gasteiger partial charge in [-0.05, 0) is 48.4 Å². The fourth-order valence-corrected chi connectivity index (χ4v) is 3.65. The Hall–Kier alpha value is -2.31. The van der Waals surface area contributed by atoms with E-state index in [1.165, 1.54) is 0 Å². The smallest absolute Gasteiger partial charge is 0.338 e. The lowest BCUT2D eigenvalue weighted by molar-refractivity contribution is -0.143. The summed E-state index contributed by atoms with van der Waals surface area (Å²) in [6, 6.07) is 14.6. The molecule has 2 aromatic rings. The van der Waals surface area contributed by atoms with Gasteiger partial charge in [-0.2, -0.15) is 0 Å². The third-order valence-corrected chi connectivity index (χ3v) is 5.42. The molecule has 0 aromatic heterocycles. The van der Waals surface area contributed by atoms with Crippen molar-refractivity contribution in [3.63, 3.8) is 0 Å². The third-order valence-electron chi connectivity index (χ3n) is 4.08. The molecule has 1 aliphatic rings. The second-order valence-corrected chi connectivity index (χ2v) is 7.55. The highest BCUT2D eigenvalue weighted by molar-refractivity contribution is 7.98. The molecule has 0 N–H and O–H groups in total. The Balaban J connectivity index is 1.54. The van der Waals surface area contributed by atoms with Gasteiger partial charge >= 0.3 is 5.97 Å². The zero-order valence-corrected chi connectivity index (χ0v) is 16.1. The number of thioether (sulfide) groups is 1. The van der Waals surface area contributed by atoms with Crippen molar-refractivity contribution < 1.29 is 19.1 Å². The summed E-state index contributed by atoms with van der Waals surface area (Å²) in [4.78, 5) is 37.9. The van der Waals surface area contributed by atoms with Crippen LogP contribution in [0.1, 0.15) is 28.8 Å². The van der Waals surface area contributed by atoms with Crippen molar-refractivity contribution in [2.75, 3.05) is 13.2 Å². The first-order valence-electron chi connectivity index (χ1n) is 8.50. The number of rotatable bonds is 6. The molecule has 5 nitrogen and oxygen atoms in total. The van der Waals surface area contributed by atoms with E-state index in [-0.39, 0.29) is 5.91 Å². The number of benzene rings is 2. The molecule has 1 heterocycles. The molecule has 3 rings (SSSR count). The molecule has 2 aromatic carbocycles. The van der Waals surface area contributed by atoms with Crippen LogP contribution in [0.2, 0.25) is 5.02 Å². The lowest BCUT2D eigenvalue weighted by Crippen LogP contribution is -2.35. The van der Waals surface area contributed by atoms with Gasteiger partial charge in [0.1, 0.15) is 0 Å². The Morgan fingerprint density at radius 1 is 1.15 bits per heavy atom. The maximum Gasteiger partial charge on any atom is 0.338 e. The van der Waals surface area contributed by atoms with E-state index in [0.717, 1.165) is 15.4 Å². The van der Waals surface area contributed by atoms with Crippen molar-refractivity contribution in [2.24, 2.45) is 0 Å². The fourth-order valence-electron chi connectivity index (χ4n) is 2.69. The normalized spacial score (nSPS) is 13.7. The van der Waals surface area contributed by atoms with Crippen LogP contribution in [0.15, 0.2) is 53.4 Å². The Labute approximate surface area is 166 Å². The van der Waals surface area contributed by atoms with Crippen LogP contribution in [0.4, 0.5) is 0 Å². The molecule has 0 unspecified atom stereocenters. The first kappa shape index (κ1) is 19.5. The highest BCUT2D eigenvalue weighted by Gasteiger charge is 2.27.